The lowest BCUT2D eigenvalue weighted by molar-refractivity contribution is 0.0527. The Morgan fingerprint density at radius 2 is 2.53 bits per heavy atom. The van der Waals surface area contributed by atoms with Crippen molar-refractivity contribution in [1.82, 2.24) is 4.98 Å². The molecule has 0 aromatic carbocycles. The van der Waals surface area contributed by atoms with Gasteiger partial charge in [-0.3, -0.25) is 0 Å². The SMILES string of the molecule is CCOC(=O)c1cc(N)cnc1NC1CCCSC1. The number of thioether (sulfide) groups is 1. The van der Waals surface area contributed by atoms with Gasteiger partial charge in [-0.2, -0.15) is 11.8 Å². The second-order valence-electron chi connectivity index (χ2n) is 4.44. The Morgan fingerprint density at radius 1 is 1.68 bits per heavy atom. The summed E-state index contributed by atoms with van der Waals surface area (Å²) in [6, 6.07) is 1.96. The molecule has 6 heteroatoms. The van der Waals surface area contributed by atoms with Gasteiger partial charge in [0.05, 0.1) is 18.5 Å². The van der Waals surface area contributed by atoms with Gasteiger partial charge in [0.25, 0.3) is 0 Å². The van der Waals surface area contributed by atoms with Gasteiger partial charge < -0.3 is 15.8 Å². The van der Waals surface area contributed by atoms with E-state index >= 15 is 0 Å². The Bertz CT molecular complexity index is 448. The number of ether oxygens (including phenoxy) is 1. The van der Waals surface area contributed by atoms with E-state index in [1.54, 1.807) is 19.2 Å². The van der Waals surface area contributed by atoms with Crippen LogP contribution >= 0.6 is 11.8 Å². The second kappa shape index (κ2) is 6.65. The predicted octanol–water partition coefficient (Wildman–Crippen LogP) is 2.15. The second-order valence-corrected chi connectivity index (χ2v) is 5.59. The minimum Gasteiger partial charge on any atom is -0.462 e. The predicted molar refractivity (Wildman–Crippen MR) is 78.6 cm³/mol. The summed E-state index contributed by atoms with van der Waals surface area (Å²) in [4.78, 5) is 16.1. The number of rotatable bonds is 4. The summed E-state index contributed by atoms with van der Waals surface area (Å²) in [5.41, 5.74) is 6.57. The standard InChI is InChI=1S/C13H19N3O2S/c1-2-18-13(17)11-6-9(14)7-15-12(11)16-10-4-3-5-19-8-10/h6-7,10H,2-5,8,14H2,1H3,(H,15,16). The third-order valence-corrected chi connectivity index (χ3v) is 4.12. The number of nitrogens with one attached hydrogen (secondary N) is 1. The maximum atomic E-state index is 11.9. The summed E-state index contributed by atoms with van der Waals surface area (Å²) < 4.78 is 5.03. The molecule has 104 valence electrons. The number of anilines is 2. The van der Waals surface area contributed by atoms with E-state index in [-0.39, 0.29) is 5.97 Å². The van der Waals surface area contributed by atoms with E-state index < -0.39 is 0 Å². The van der Waals surface area contributed by atoms with Gasteiger partial charge in [0.15, 0.2) is 0 Å². The van der Waals surface area contributed by atoms with Crippen LogP contribution in [-0.4, -0.2) is 35.1 Å². The highest BCUT2D eigenvalue weighted by Crippen LogP contribution is 2.23. The van der Waals surface area contributed by atoms with Crippen molar-refractivity contribution in [2.75, 3.05) is 29.2 Å². The zero-order valence-corrected chi connectivity index (χ0v) is 11.8. The fraction of sp³-hybridized carbons (Fsp3) is 0.538. The molecule has 1 atom stereocenters. The van der Waals surface area contributed by atoms with E-state index in [1.807, 2.05) is 11.8 Å². The topological polar surface area (TPSA) is 77.2 Å². The van der Waals surface area contributed by atoms with Crippen LogP contribution in [0.4, 0.5) is 11.5 Å². The summed E-state index contributed by atoms with van der Waals surface area (Å²) in [6.07, 6.45) is 3.84. The molecule has 19 heavy (non-hydrogen) atoms. The number of aromatic nitrogens is 1. The number of hydrogen-bond donors (Lipinski definition) is 2. The van der Waals surface area contributed by atoms with Crippen LogP contribution in [0.25, 0.3) is 0 Å². The largest absolute Gasteiger partial charge is 0.462 e. The van der Waals surface area contributed by atoms with Gasteiger partial charge >= 0.3 is 5.97 Å². The molecule has 0 radical (unpaired) electrons. The van der Waals surface area contributed by atoms with Crippen molar-refractivity contribution >= 4 is 29.2 Å². The van der Waals surface area contributed by atoms with Crippen LogP contribution in [0, 0.1) is 0 Å². The van der Waals surface area contributed by atoms with Crippen LogP contribution in [0.2, 0.25) is 0 Å². The molecule has 1 unspecified atom stereocenters. The number of carbonyl (C=O) groups is 1. The number of hydrogen-bond acceptors (Lipinski definition) is 6. The minimum atomic E-state index is -0.381. The highest BCUT2D eigenvalue weighted by Gasteiger charge is 2.19. The molecule has 1 aromatic heterocycles. The van der Waals surface area contributed by atoms with E-state index in [0.717, 1.165) is 12.2 Å². The van der Waals surface area contributed by atoms with Gasteiger partial charge in [0.2, 0.25) is 0 Å². The monoisotopic (exact) mass is 281 g/mol. The number of esters is 1. The molecule has 1 aliphatic heterocycles. The maximum Gasteiger partial charge on any atom is 0.341 e. The highest BCUT2D eigenvalue weighted by atomic mass is 32.2. The first-order valence-electron chi connectivity index (χ1n) is 6.47. The van der Waals surface area contributed by atoms with Crippen molar-refractivity contribution in [3.63, 3.8) is 0 Å². The summed E-state index contributed by atoms with van der Waals surface area (Å²) in [5.74, 6) is 2.43. The van der Waals surface area contributed by atoms with Gasteiger partial charge in [-0.15, -0.1) is 0 Å². The molecule has 1 aliphatic rings. The normalized spacial score (nSPS) is 18.9. The number of carbonyl (C=O) groups excluding carboxylic acids is 1. The summed E-state index contributed by atoms with van der Waals surface area (Å²) >= 11 is 1.92. The molecule has 2 rings (SSSR count). The zero-order chi connectivity index (χ0) is 13.7. The molecule has 1 fully saturated rings. The number of nitrogens with two attached hydrogens (primary N) is 1. The molecule has 0 spiro atoms. The molecule has 0 aliphatic carbocycles. The van der Waals surface area contributed by atoms with Crippen LogP contribution in [-0.2, 0) is 4.74 Å². The summed E-state index contributed by atoms with van der Waals surface area (Å²) in [6.45, 7) is 2.12. The Labute approximate surface area is 117 Å². The first-order valence-corrected chi connectivity index (χ1v) is 7.63. The van der Waals surface area contributed by atoms with E-state index in [9.17, 15) is 4.79 Å². The average molecular weight is 281 g/mol. The van der Waals surface area contributed by atoms with Crippen molar-refractivity contribution in [3.8, 4) is 0 Å². The average Bonchev–Trinajstić information content (AvgIpc) is 2.42. The van der Waals surface area contributed by atoms with Crippen molar-refractivity contribution in [1.29, 1.82) is 0 Å². The molecule has 0 saturated carbocycles. The number of nitrogen functional groups attached to an aromatic ring is 1. The molecule has 5 nitrogen and oxygen atoms in total. The van der Waals surface area contributed by atoms with E-state index in [4.69, 9.17) is 10.5 Å². The van der Waals surface area contributed by atoms with Crippen LogP contribution in [0.3, 0.4) is 0 Å². The van der Waals surface area contributed by atoms with Crippen LogP contribution in [0.5, 0.6) is 0 Å². The van der Waals surface area contributed by atoms with E-state index in [1.165, 1.54) is 12.2 Å². The summed E-state index contributed by atoms with van der Waals surface area (Å²) in [7, 11) is 0. The van der Waals surface area contributed by atoms with E-state index in [2.05, 4.69) is 10.3 Å². The molecule has 3 N–H and O–H groups in total. The first-order chi connectivity index (χ1) is 9.20. The van der Waals surface area contributed by atoms with Crippen LogP contribution in [0.15, 0.2) is 12.3 Å². The Morgan fingerprint density at radius 3 is 3.21 bits per heavy atom. The molecule has 0 bridgehead atoms. The van der Waals surface area contributed by atoms with Crippen molar-refractivity contribution < 1.29 is 9.53 Å². The first kappa shape index (κ1) is 14.0. The molecule has 2 heterocycles. The van der Waals surface area contributed by atoms with Gasteiger partial charge in [-0.05, 0) is 31.6 Å². The quantitative estimate of drug-likeness (QED) is 0.823. The van der Waals surface area contributed by atoms with Gasteiger partial charge in [-0.1, -0.05) is 0 Å². The maximum absolute atomic E-state index is 11.9. The summed E-state index contributed by atoms with van der Waals surface area (Å²) in [5, 5.41) is 3.33. The Kier molecular flexibility index (Phi) is 4.90. The fourth-order valence-electron chi connectivity index (χ4n) is 2.01. The number of pyridine rings is 1. The molecular formula is C13H19N3O2S. The van der Waals surface area contributed by atoms with Crippen LogP contribution < -0.4 is 11.1 Å². The fourth-order valence-corrected chi connectivity index (χ4v) is 3.08. The molecule has 1 saturated heterocycles. The van der Waals surface area contributed by atoms with E-state index in [0.29, 0.717) is 29.7 Å². The number of nitrogens with zero attached hydrogens (tertiary/aromatic N) is 1. The zero-order valence-electron chi connectivity index (χ0n) is 11.0. The smallest absolute Gasteiger partial charge is 0.341 e. The lowest BCUT2D eigenvalue weighted by atomic mass is 10.1. The van der Waals surface area contributed by atoms with Gasteiger partial charge in [0, 0.05) is 11.8 Å². The lowest BCUT2D eigenvalue weighted by Gasteiger charge is -2.23. The van der Waals surface area contributed by atoms with Crippen molar-refractivity contribution in [3.05, 3.63) is 17.8 Å². The van der Waals surface area contributed by atoms with Crippen molar-refractivity contribution in [2.45, 2.75) is 25.8 Å². The highest BCUT2D eigenvalue weighted by molar-refractivity contribution is 7.99. The Balaban J connectivity index is 2.15. The third-order valence-electron chi connectivity index (χ3n) is 2.91. The van der Waals surface area contributed by atoms with Crippen LogP contribution in [0.1, 0.15) is 30.1 Å². The van der Waals surface area contributed by atoms with Gasteiger partial charge in [0.1, 0.15) is 11.4 Å². The molecule has 0 amide bonds. The third kappa shape index (κ3) is 3.76. The lowest BCUT2D eigenvalue weighted by Crippen LogP contribution is -2.27. The molecular weight excluding hydrogens is 262 g/mol. The van der Waals surface area contributed by atoms with Crippen molar-refractivity contribution in [2.24, 2.45) is 0 Å². The minimum absolute atomic E-state index is 0.340. The Hall–Kier alpha value is -1.43. The van der Waals surface area contributed by atoms with Gasteiger partial charge in [-0.25, -0.2) is 9.78 Å². The molecule has 1 aromatic rings.